The first kappa shape index (κ1) is 13.6. The fourth-order valence-corrected chi connectivity index (χ4v) is 2.92. The van der Waals surface area contributed by atoms with Crippen LogP contribution in [-0.4, -0.2) is 43.0 Å². The summed E-state index contributed by atoms with van der Waals surface area (Å²) in [4.78, 5) is 4.97. The van der Waals surface area contributed by atoms with Gasteiger partial charge in [0.25, 0.3) is 0 Å². The van der Waals surface area contributed by atoms with Crippen molar-refractivity contribution in [1.82, 2.24) is 9.80 Å². The van der Waals surface area contributed by atoms with Gasteiger partial charge in [-0.25, -0.2) is 0 Å². The molecule has 18 heavy (non-hydrogen) atoms. The van der Waals surface area contributed by atoms with Crippen LogP contribution in [0.5, 0.6) is 0 Å². The molecule has 0 spiro atoms. The predicted molar refractivity (Wildman–Crippen MR) is 77.7 cm³/mol. The molecule has 3 atom stereocenters. The molecule has 0 saturated carbocycles. The van der Waals surface area contributed by atoms with Gasteiger partial charge in [-0.2, -0.15) is 0 Å². The molecular weight excluding hydrogens is 220 g/mol. The van der Waals surface area contributed by atoms with Crippen LogP contribution in [0.4, 0.5) is 0 Å². The van der Waals surface area contributed by atoms with Crippen molar-refractivity contribution >= 4 is 0 Å². The first-order valence-electron chi connectivity index (χ1n) is 7.05. The normalized spacial score (nSPS) is 24.4. The molecule has 0 amide bonds. The average molecular weight is 246 g/mol. The lowest BCUT2D eigenvalue weighted by molar-refractivity contribution is 0.202. The molecule has 0 aliphatic carbocycles. The molecule has 2 rings (SSSR count). The largest absolute Gasteiger partial charge is 0.306 e. The lowest BCUT2D eigenvalue weighted by Crippen LogP contribution is -2.34. The second-order valence-corrected chi connectivity index (χ2v) is 5.83. The molecule has 0 bridgehead atoms. The van der Waals surface area contributed by atoms with Gasteiger partial charge in [0.2, 0.25) is 0 Å². The van der Waals surface area contributed by atoms with Crippen LogP contribution in [0.3, 0.4) is 0 Å². The zero-order chi connectivity index (χ0) is 13.1. The predicted octanol–water partition coefficient (Wildman–Crippen LogP) is 3.02. The van der Waals surface area contributed by atoms with Gasteiger partial charge in [-0.3, -0.25) is 4.90 Å². The van der Waals surface area contributed by atoms with Gasteiger partial charge in [0.1, 0.15) is 0 Å². The maximum atomic E-state index is 2.62. The van der Waals surface area contributed by atoms with Crippen molar-refractivity contribution < 1.29 is 0 Å². The van der Waals surface area contributed by atoms with Crippen molar-refractivity contribution in [2.75, 3.05) is 27.2 Å². The third-order valence-electron chi connectivity index (χ3n) is 4.58. The number of likely N-dealkylation sites (tertiary alicyclic amines) is 1. The second kappa shape index (κ2) is 5.85. The zero-order valence-electron chi connectivity index (χ0n) is 12.1. The van der Waals surface area contributed by atoms with E-state index >= 15 is 0 Å². The fourth-order valence-electron chi connectivity index (χ4n) is 2.92. The van der Waals surface area contributed by atoms with Crippen LogP contribution in [0.1, 0.15) is 31.9 Å². The van der Waals surface area contributed by atoms with Gasteiger partial charge >= 0.3 is 0 Å². The van der Waals surface area contributed by atoms with Crippen LogP contribution in [0.15, 0.2) is 30.3 Å². The van der Waals surface area contributed by atoms with Crippen molar-refractivity contribution in [2.24, 2.45) is 5.92 Å². The smallest absolute Gasteiger partial charge is 0.0320 e. The van der Waals surface area contributed by atoms with Gasteiger partial charge < -0.3 is 4.90 Å². The van der Waals surface area contributed by atoms with Crippen molar-refractivity contribution in [3.63, 3.8) is 0 Å². The standard InChI is InChI=1S/C16H26N2/c1-13(17(3)4)16-10-11-18(12-16)14(2)15-8-6-5-7-9-15/h5-9,13-14,16H,10-12H2,1-4H3/t13-,14+,16-/m1/s1. The van der Waals surface area contributed by atoms with Gasteiger partial charge in [-0.1, -0.05) is 30.3 Å². The molecule has 2 nitrogen and oxygen atoms in total. The summed E-state index contributed by atoms with van der Waals surface area (Å²) in [5.74, 6) is 0.811. The molecule has 100 valence electrons. The molecule has 1 aliphatic rings. The minimum Gasteiger partial charge on any atom is -0.306 e. The Kier molecular flexibility index (Phi) is 4.41. The number of hydrogen-bond acceptors (Lipinski definition) is 2. The minimum atomic E-state index is 0.547. The maximum Gasteiger partial charge on any atom is 0.0320 e. The Morgan fingerprint density at radius 2 is 1.83 bits per heavy atom. The van der Waals surface area contributed by atoms with Crippen molar-refractivity contribution in [2.45, 2.75) is 32.4 Å². The summed E-state index contributed by atoms with van der Waals surface area (Å²) < 4.78 is 0. The molecule has 1 aromatic rings. The molecule has 1 fully saturated rings. The van der Waals surface area contributed by atoms with E-state index in [1.165, 1.54) is 25.1 Å². The topological polar surface area (TPSA) is 6.48 Å². The monoisotopic (exact) mass is 246 g/mol. The van der Waals surface area contributed by atoms with Gasteiger partial charge in [0.15, 0.2) is 0 Å². The Bertz CT molecular complexity index is 361. The van der Waals surface area contributed by atoms with Gasteiger partial charge in [-0.05, 0) is 52.4 Å². The molecule has 1 heterocycles. The first-order valence-corrected chi connectivity index (χ1v) is 7.05. The summed E-state index contributed by atoms with van der Waals surface area (Å²) >= 11 is 0. The summed E-state index contributed by atoms with van der Waals surface area (Å²) in [6.07, 6.45) is 1.33. The van der Waals surface area contributed by atoms with E-state index in [0.717, 1.165) is 5.92 Å². The molecule has 1 aliphatic heterocycles. The molecule has 0 radical (unpaired) electrons. The van der Waals surface area contributed by atoms with Crippen LogP contribution in [-0.2, 0) is 0 Å². The highest BCUT2D eigenvalue weighted by Gasteiger charge is 2.30. The average Bonchev–Trinajstić information content (AvgIpc) is 2.87. The van der Waals surface area contributed by atoms with Gasteiger partial charge in [0.05, 0.1) is 0 Å². The molecule has 1 aromatic carbocycles. The van der Waals surface area contributed by atoms with Crippen LogP contribution in [0, 0.1) is 5.92 Å². The van der Waals surface area contributed by atoms with E-state index in [4.69, 9.17) is 0 Å². The summed E-state index contributed by atoms with van der Waals surface area (Å²) in [5, 5.41) is 0. The number of rotatable bonds is 4. The Hall–Kier alpha value is -0.860. The fraction of sp³-hybridized carbons (Fsp3) is 0.625. The molecule has 2 heteroatoms. The van der Waals surface area contributed by atoms with Gasteiger partial charge in [0, 0.05) is 18.6 Å². The summed E-state index contributed by atoms with van der Waals surface area (Å²) in [6, 6.07) is 12.1. The van der Waals surface area contributed by atoms with Crippen LogP contribution >= 0.6 is 0 Å². The molecule has 0 unspecified atom stereocenters. The Morgan fingerprint density at radius 3 is 2.44 bits per heavy atom. The van der Waals surface area contributed by atoms with E-state index in [0.29, 0.717) is 12.1 Å². The first-order chi connectivity index (χ1) is 8.59. The van der Waals surface area contributed by atoms with Crippen molar-refractivity contribution in [3.05, 3.63) is 35.9 Å². The highest BCUT2D eigenvalue weighted by Crippen LogP contribution is 2.29. The van der Waals surface area contributed by atoms with E-state index in [2.05, 4.69) is 68.1 Å². The second-order valence-electron chi connectivity index (χ2n) is 5.83. The highest BCUT2D eigenvalue weighted by atomic mass is 15.2. The van der Waals surface area contributed by atoms with E-state index < -0.39 is 0 Å². The summed E-state index contributed by atoms with van der Waals surface area (Å²) in [7, 11) is 4.38. The van der Waals surface area contributed by atoms with E-state index in [1.54, 1.807) is 0 Å². The van der Waals surface area contributed by atoms with Gasteiger partial charge in [-0.15, -0.1) is 0 Å². The molecular formula is C16H26N2. The number of hydrogen-bond donors (Lipinski definition) is 0. The van der Waals surface area contributed by atoms with Crippen LogP contribution in [0.2, 0.25) is 0 Å². The lowest BCUT2D eigenvalue weighted by Gasteiger charge is -2.28. The summed E-state index contributed by atoms with van der Waals surface area (Å²) in [6.45, 7) is 7.15. The number of benzene rings is 1. The molecule has 0 aromatic heterocycles. The third kappa shape index (κ3) is 2.93. The zero-order valence-corrected chi connectivity index (χ0v) is 12.1. The lowest BCUT2D eigenvalue weighted by atomic mass is 10.00. The van der Waals surface area contributed by atoms with Crippen LogP contribution < -0.4 is 0 Å². The molecule has 0 N–H and O–H groups in total. The van der Waals surface area contributed by atoms with E-state index in [9.17, 15) is 0 Å². The maximum absolute atomic E-state index is 2.62. The Labute approximate surface area is 112 Å². The Balaban J connectivity index is 1.97. The Morgan fingerprint density at radius 1 is 1.17 bits per heavy atom. The SMILES string of the molecule is C[C@H]([C@@H]1CCN([C@@H](C)c2ccccc2)C1)N(C)C. The van der Waals surface area contributed by atoms with Crippen molar-refractivity contribution in [1.29, 1.82) is 0 Å². The molecule has 1 saturated heterocycles. The number of nitrogens with zero attached hydrogens (tertiary/aromatic N) is 2. The quantitative estimate of drug-likeness (QED) is 0.806. The van der Waals surface area contributed by atoms with E-state index in [1.807, 2.05) is 0 Å². The van der Waals surface area contributed by atoms with Crippen molar-refractivity contribution in [3.8, 4) is 0 Å². The third-order valence-corrected chi connectivity index (χ3v) is 4.58. The summed E-state index contributed by atoms with van der Waals surface area (Å²) in [5.41, 5.74) is 1.44. The highest BCUT2D eigenvalue weighted by molar-refractivity contribution is 5.18. The minimum absolute atomic E-state index is 0.547. The van der Waals surface area contributed by atoms with Crippen LogP contribution in [0.25, 0.3) is 0 Å². The van der Waals surface area contributed by atoms with E-state index in [-0.39, 0.29) is 0 Å².